The van der Waals surface area contributed by atoms with Crippen LogP contribution in [-0.2, 0) is 65.4 Å². The Bertz CT molecular complexity index is 1550. The van der Waals surface area contributed by atoms with Crippen LogP contribution in [0.4, 0.5) is 0 Å². The van der Waals surface area contributed by atoms with Gasteiger partial charge in [0.1, 0.15) is 11.5 Å². The van der Waals surface area contributed by atoms with Crippen LogP contribution < -0.4 is 18.9 Å². The summed E-state index contributed by atoms with van der Waals surface area (Å²) in [4.78, 5) is 0. The second-order valence-corrected chi connectivity index (χ2v) is 8.60. The fraction of sp³-hybridized carbons (Fsp3) is 0.0588. The molecule has 0 bridgehead atoms. The molecule has 0 fully saturated rings. The van der Waals surface area contributed by atoms with Crippen molar-refractivity contribution in [3.63, 3.8) is 0 Å². The fourth-order valence-corrected chi connectivity index (χ4v) is 4.52. The van der Waals surface area contributed by atoms with Gasteiger partial charge in [-0.25, -0.2) is 0 Å². The molecule has 2 radical (unpaired) electrons. The average Bonchev–Trinajstić information content (AvgIpc) is 2.98. The number of rotatable bonds is 9. The third-order valence-electron chi connectivity index (χ3n) is 6.29. The maximum Gasteiger partial charge on any atom is 0.227 e. The summed E-state index contributed by atoms with van der Waals surface area (Å²) in [6, 6.07) is 45.3. The van der Waals surface area contributed by atoms with Gasteiger partial charge in [-0.3, -0.25) is 0 Å². The molecule has 0 saturated heterocycles. The molecule has 4 nitrogen and oxygen atoms in total. The molecule has 0 saturated carbocycles. The zero-order chi connectivity index (χ0) is 25.6. The van der Waals surface area contributed by atoms with E-state index in [0.717, 1.165) is 44.2 Å². The molecule has 40 heavy (non-hydrogen) atoms. The van der Waals surface area contributed by atoms with Crippen LogP contribution in [0.3, 0.4) is 0 Å². The summed E-state index contributed by atoms with van der Waals surface area (Å²) in [6.45, 7) is 0.120. The van der Waals surface area contributed by atoms with Gasteiger partial charge in [0.15, 0.2) is 0 Å². The number of benzene rings is 6. The quantitative estimate of drug-likeness (QED) is 0.115. The predicted octanol–water partition coefficient (Wildman–Crippen LogP) is 8.09. The molecule has 0 aliphatic rings. The van der Waals surface area contributed by atoms with Crippen molar-refractivity contribution in [1.29, 1.82) is 0 Å². The largest absolute Gasteiger partial charge is 0.483 e. The first-order valence-electron chi connectivity index (χ1n) is 12.3. The van der Waals surface area contributed by atoms with Crippen molar-refractivity contribution in [3.05, 3.63) is 133 Å². The molecule has 0 unspecified atom stereocenters. The summed E-state index contributed by atoms with van der Waals surface area (Å²) < 4.78 is 24.2. The van der Waals surface area contributed by atoms with E-state index in [1.807, 2.05) is 84.9 Å². The van der Waals surface area contributed by atoms with E-state index in [2.05, 4.69) is 48.5 Å². The molecule has 0 aliphatic heterocycles. The topological polar surface area (TPSA) is 36.9 Å². The molecule has 0 spiro atoms. The summed E-state index contributed by atoms with van der Waals surface area (Å²) in [5.41, 5.74) is 1.88. The fourth-order valence-electron chi connectivity index (χ4n) is 4.52. The first-order chi connectivity index (χ1) is 18.9. The smallest absolute Gasteiger partial charge is 0.227 e. The van der Waals surface area contributed by atoms with Gasteiger partial charge in [-0.15, -0.1) is 24.3 Å². The van der Waals surface area contributed by atoms with Crippen molar-refractivity contribution in [1.82, 2.24) is 0 Å². The molecular weight excluding hydrogens is 650 g/mol. The molecule has 0 atom stereocenters. The van der Waals surface area contributed by atoms with E-state index in [9.17, 15) is 0 Å². The summed E-state index contributed by atoms with van der Waals surface area (Å²) >= 11 is 0. The summed E-state index contributed by atoms with van der Waals surface area (Å²) in [7, 11) is 0. The maximum atomic E-state index is 6.26. The van der Waals surface area contributed by atoms with Crippen molar-refractivity contribution in [2.45, 2.75) is 0 Å². The molecule has 0 heterocycles. The number of fused-ring (bicyclic) bond motifs is 2. The van der Waals surface area contributed by atoms with E-state index in [1.165, 1.54) is 0 Å². The van der Waals surface area contributed by atoms with E-state index in [1.54, 1.807) is 0 Å². The minimum atomic E-state index is 0. The van der Waals surface area contributed by atoms with Gasteiger partial charge >= 0.3 is 0 Å². The van der Waals surface area contributed by atoms with Crippen LogP contribution in [-0.4, -0.2) is 13.6 Å². The van der Waals surface area contributed by atoms with Crippen molar-refractivity contribution in [3.8, 4) is 34.1 Å². The standard InChI is InChI=1S/C34H24O4.2Y/c1-3-13-27(14-4-1)35-23-37-31-21-19-25-11-7-9-17-29(25)33(31)34-30-18-10-8-12-26(30)20-22-32(34)38-24-36-28-15-5-2-6-16-28;;/h3-22H,23-24H2;;/q-2;;. The minimum absolute atomic E-state index is 0. The van der Waals surface area contributed by atoms with Crippen LogP contribution in [0.15, 0.2) is 121 Å². The van der Waals surface area contributed by atoms with Crippen molar-refractivity contribution < 1.29 is 84.4 Å². The third-order valence-corrected chi connectivity index (χ3v) is 6.29. The Hall–Kier alpha value is -2.75. The summed E-state index contributed by atoms with van der Waals surface area (Å²) in [5, 5.41) is 4.31. The molecule has 0 aromatic heterocycles. The van der Waals surface area contributed by atoms with Gasteiger partial charge in [-0.05, 0) is 33.7 Å². The van der Waals surface area contributed by atoms with Gasteiger partial charge in [0.05, 0.1) is 0 Å². The number of ether oxygens (including phenoxy) is 4. The monoisotopic (exact) mass is 674 g/mol. The first-order valence-corrected chi connectivity index (χ1v) is 12.3. The van der Waals surface area contributed by atoms with E-state index in [-0.39, 0.29) is 79.0 Å². The predicted molar refractivity (Wildman–Crippen MR) is 150 cm³/mol. The van der Waals surface area contributed by atoms with Crippen LogP contribution in [0.2, 0.25) is 0 Å². The molecule has 0 aliphatic carbocycles. The molecule has 6 heteroatoms. The zero-order valence-electron chi connectivity index (χ0n) is 21.7. The van der Waals surface area contributed by atoms with Gasteiger partial charge in [-0.2, -0.15) is 36.4 Å². The molecule has 6 aromatic rings. The molecule has 6 rings (SSSR count). The van der Waals surface area contributed by atoms with E-state index >= 15 is 0 Å². The Balaban J connectivity index is 0.00000185. The van der Waals surface area contributed by atoms with Gasteiger partial charge < -0.3 is 18.9 Å². The van der Waals surface area contributed by atoms with E-state index < -0.39 is 0 Å². The Morgan fingerprint density at radius 2 is 0.825 bits per heavy atom. The van der Waals surface area contributed by atoms with Gasteiger partial charge in [-0.1, -0.05) is 60.7 Å². The third kappa shape index (κ3) is 6.93. The number of hydrogen-bond acceptors (Lipinski definition) is 4. The first kappa shape index (κ1) is 30.2. The van der Waals surface area contributed by atoms with Crippen LogP contribution in [0.1, 0.15) is 0 Å². The average molecular weight is 674 g/mol. The second-order valence-electron chi connectivity index (χ2n) is 8.60. The van der Waals surface area contributed by atoms with Crippen LogP contribution in [0.5, 0.6) is 23.0 Å². The Labute approximate surface area is 284 Å². The molecule has 0 N–H and O–H groups in total. The summed E-state index contributed by atoms with van der Waals surface area (Å²) in [5.74, 6) is 2.84. The SMILES string of the molecule is [Y].[Y].[c-]1ccc(OCOc2ccc3ccccc3c2-c2c(OCOc3cc[c-]cc3)ccc3ccccc23)cc1. The second kappa shape index (κ2) is 14.8. The van der Waals surface area contributed by atoms with Crippen LogP contribution in [0.25, 0.3) is 32.7 Å². The normalized spacial score (nSPS) is 10.3. The van der Waals surface area contributed by atoms with Crippen molar-refractivity contribution >= 4 is 21.5 Å². The van der Waals surface area contributed by atoms with Crippen LogP contribution in [0, 0.1) is 12.1 Å². The Morgan fingerprint density at radius 3 is 1.25 bits per heavy atom. The van der Waals surface area contributed by atoms with Gasteiger partial charge in [0.2, 0.25) is 13.6 Å². The zero-order valence-corrected chi connectivity index (χ0v) is 27.4. The molecular formula is C34H24O4Y2-2. The summed E-state index contributed by atoms with van der Waals surface area (Å²) in [6.07, 6.45) is 0. The van der Waals surface area contributed by atoms with Crippen molar-refractivity contribution in [2.75, 3.05) is 13.6 Å². The van der Waals surface area contributed by atoms with Gasteiger partial charge in [0, 0.05) is 88.0 Å². The van der Waals surface area contributed by atoms with Crippen LogP contribution >= 0.6 is 0 Å². The van der Waals surface area contributed by atoms with E-state index in [0.29, 0.717) is 11.5 Å². The Kier molecular flexibility index (Phi) is 11.1. The minimum Gasteiger partial charge on any atom is -0.483 e. The van der Waals surface area contributed by atoms with E-state index in [4.69, 9.17) is 18.9 Å². The molecule has 6 aromatic carbocycles. The maximum absolute atomic E-state index is 6.26. The molecule has 192 valence electrons. The van der Waals surface area contributed by atoms with Gasteiger partial charge in [0.25, 0.3) is 0 Å². The molecule has 0 amide bonds. The van der Waals surface area contributed by atoms with Crippen molar-refractivity contribution in [2.24, 2.45) is 0 Å². The number of hydrogen-bond donors (Lipinski definition) is 0. The Morgan fingerprint density at radius 1 is 0.425 bits per heavy atom.